The Morgan fingerprint density at radius 3 is 2.50 bits per heavy atom. The Morgan fingerprint density at radius 2 is 1.65 bits per heavy atom. The smallest absolute Gasteiger partial charge is 0.164 e. The Balaban J connectivity index is 0.00000196. The van der Waals surface area contributed by atoms with Gasteiger partial charge in [-0.3, -0.25) is 4.79 Å². The van der Waals surface area contributed by atoms with Gasteiger partial charge in [-0.15, -0.1) is 12.4 Å². The van der Waals surface area contributed by atoms with E-state index in [1.54, 1.807) is 0 Å². The summed E-state index contributed by atoms with van der Waals surface area (Å²) in [6.07, 6.45) is 1.78. The van der Waals surface area contributed by atoms with Crippen molar-refractivity contribution >= 4 is 29.0 Å². The molecule has 1 atom stereocenters. The molecule has 0 aliphatic carbocycles. The Bertz CT molecular complexity index is 872. The standard InChI is InChI=1S/C23H23NO.ClH/c25-23(22-12-6-10-19-9-4-5-11-21(19)22)14-16-24-15-13-20(17-24)18-7-2-1-3-8-18;/h1-12,20H,13-17H2;1H. The molecule has 3 heteroatoms. The van der Waals surface area contributed by atoms with Gasteiger partial charge in [-0.25, -0.2) is 0 Å². The fourth-order valence-corrected chi connectivity index (χ4v) is 3.90. The van der Waals surface area contributed by atoms with Gasteiger partial charge in [0.05, 0.1) is 0 Å². The molecular weight excluding hydrogens is 342 g/mol. The van der Waals surface area contributed by atoms with Crippen LogP contribution in [-0.2, 0) is 0 Å². The van der Waals surface area contributed by atoms with Crippen LogP contribution in [0.4, 0.5) is 0 Å². The van der Waals surface area contributed by atoms with E-state index in [-0.39, 0.29) is 18.2 Å². The zero-order valence-electron chi connectivity index (χ0n) is 14.8. The van der Waals surface area contributed by atoms with Gasteiger partial charge in [-0.05, 0) is 35.2 Å². The highest BCUT2D eigenvalue weighted by atomic mass is 35.5. The van der Waals surface area contributed by atoms with Crippen LogP contribution < -0.4 is 0 Å². The van der Waals surface area contributed by atoms with Crippen molar-refractivity contribution in [1.29, 1.82) is 0 Å². The second-order valence-electron chi connectivity index (χ2n) is 6.90. The minimum Gasteiger partial charge on any atom is -0.302 e. The lowest BCUT2D eigenvalue weighted by molar-refractivity contribution is 0.0970. The van der Waals surface area contributed by atoms with Crippen molar-refractivity contribution in [2.75, 3.05) is 19.6 Å². The highest BCUT2D eigenvalue weighted by Gasteiger charge is 2.24. The molecular formula is C23H24ClNO. The van der Waals surface area contributed by atoms with Gasteiger partial charge in [0.15, 0.2) is 5.78 Å². The molecule has 26 heavy (non-hydrogen) atoms. The number of likely N-dealkylation sites (tertiary alicyclic amines) is 1. The monoisotopic (exact) mass is 365 g/mol. The van der Waals surface area contributed by atoms with E-state index in [4.69, 9.17) is 0 Å². The third-order valence-corrected chi connectivity index (χ3v) is 5.29. The molecule has 0 amide bonds. The van der Waals surface area contributed by atoms with Crippen molar-refractivity contribution in [3.63, 3.8) is 0 Å². The van der Waals surface area contributed by atoms with Gasteiger partial charge in [-0.2, -0.15) is 0 Å². The van der Waals surface area contributed by atoms with Crippen molar-refractivity contribution in [2.45, 2.75) is 18.8 Å². The zero-order valence-corrected chi connectivity index (χ0v) is 15.6. The van der Waals surface area contributed by atoms with Gasteiger partial charge in [0.1, 0.15) is 0 Å². The van der Waals surface area contributed by atoms with E-state index in [9.17, 15) is 4.79 Å². The van der Waals surface area contributed by atoms with Crippen molar-refractivity contribution in [2.24, 2.45) is 0 Å². The Hall–Kier alpha value is -2.16. The molecule has 134 valence electrons. The molecule has 1 aliphatic rings. The number of hydrogen-bond acceptors (Lipinski definition) is 2. The zero-order chi connectivity index (χ0) is 17.1. The van der Waals surface area contributed by atoms with Crippen LogP contribution in [0.1, 0.15) is 34.7 Å². The van der Waals surface area contributed by atoms with Gasteiger partial charge < -0.3 is 4.90 Å². The summed E-state index contributed by atoms with van der Waals surface area (Å²) < 4.78 is 0. The third-order valence-electron chi connectivity index (χ3n) is 5.29. The molecule has 0 radical (unpaired) electrons. The molecule has 0 spiro atoms. The number of benzene rings is 3. The number of carbonyl (C=O) groups is 1. The summed E-state index contributed by atoms with van der Waals surface area (Å²) in [6.45, 7) is 3.00. The van der Waals surface area contributed by atoms with Crippen LogP contribution in [0.5, 0.6) is 0 Å². The quantitative estimate of drug-likeness (QED) is 0.570. The highest BCUT2D eigenvalue weighted by molar-refractivity contribution is 6.08. The second kappa shape index (κ2) is 8.48. The molecule has 2 nitrogen and oxygen atoms in total. The number of halogens is 1. The summed E-state index contributed by atoms with van der Waals surface area (Å²) in [6, 6.07) is 24.9. The lowest BCUT2D eigenvalue weighted by Crippen LogP contribution is -2.23. The number of hydrogen-bond donors (Lipinski definition) is 0. The van der Waals surface area contributed by atoms with Gasteiger partial charge in [0, 0.05) is 25.1 Å². The largest absolute Gasteiger partial charge is 0.302 e. The first-order chi connectivity index (χ1) is 12.3. The third kappa shape index (κ3) is 3.98. The van der Waals surface area contributed by atoms with E-state index in [1.807, 2.05) is 30.3 Å². The van der Waals surface area contributed by atoms with Crippen LogP contribution in [0.15, 0.2) is 72.8 Å². The van der Waals surface area contributed by atoms with E-state index in [2.05, 4.69) is 47.4 Å². The number of Topliss-reactive ketones (excluding diaryl/α,β-unsaturated/α-hetero) is 1. The molecule has 1 unspecified atom stereocenters. The number of rotatable bonds is 5. The van der Waals surface area contributed by atoms with Crippen LogP contribution in [0.25, 0.3) is 10.8 Å². The molecule has 3 aromatic carbocycles. The summed E-state index contributed by atoms with van der Waals surface area (Å²) in [5.41, 5.74) is 2.28. The highest BCUT2D eigenvalue weighted by Crippen LogP contribution is 2.27. The van der Waals surface area contributed by atoms with Gasteiger partial charge >= 0.3 is 0 Å². The fourth-order valence-electron chi connectivity index (χ4n) is 3.90. The fraction of sp³-hybridized carbons (Fsp3) is 0.261. The average Bonchev–Trinajstić information content (AvgIpc) is 3.15. The van der Waals surface area contributed by atoms with Crippen molar-refractivity contribution in [3.05, 3.63) is 83.9 Å². The van der Waals surface area contributed by atoms with E-state index in [0.717, 1.165) is 36.0 Å². The van der Waals surface area contributed by atoms with Gasteiger partial charge in [0.2, 0.25) is 0 Å². The average molecular weight is 366 g/mol. The lowest BCUT2D eigenvalue weighted by atomic mass is 9.99. The van der Waals surface area contributed by atoms with E-state index in [0.29, 0.717) is 12.3 Å². The predicted octanol–water partition coefficient (Wildman–Crippen LogP) is 5.32. The molecule has 0 aromatic heterocycles. The first-order valence-electron chi connectivity index (χ1n) is 9.09. The summed E-state index contributed by atoms with van der Waals surface area (Å²) >= 11 is 0. The summed E-state index contributed by atoms with van der Waals surface area (Å²) in [7, 11) is 0. The van der Waals surface area contributed by atoms with Gasteiger partial charge in [0.25, 0.3) is 0 Å². The maximum Gasteiger partial charge on any atom is 0.164 e. The maximum absolute atomic E-state index is 12.7. The Morgan fingerprint density at radius 1 is 0.923 bits per heavy atom. The normalized spacial score (nSPS) is 17.2. The van der Waals surface area contributed by atoms with Gasteiger partial charge in [-0.1, -0.05) is 72.8 Å². The van der Waals surface area contributed by atoms with Crippen molar-refractivity contribution in [1.82, 2.24) is 4.90 Å². The minimum atomic E-state index is 0. The summed E-state index contributed by atoms with van der Waals surface area (Å²) in [5, 5.41) is 2.21. The summed E-state index contributed by atoms with van der Waals surface area (Å²) in [4.78, 5) is 15.2. The topological polar surface area (TPSA) is 20.3 Å². The minimum absolute atomic E-state index is 0. The molecule has 0 saturated carbocycles. The summed E-state index contributed by atoms with van der Waals surface area (Å²) in [5.74, 6) is 0.855. The molecule has 0 bridgehead atoms. The SMILES string of the molecule is Cl.O=C(CCN1CCC(c2ccccc2)C1)c1cccc2ccccc12. The number of ketones is 1. The Labute approximate surface area is 161 Å². The first-order valence-corrected chi connectivity index (χ1v) is 9.09. The second-order valence-corrected chi connectivity index (χ2v) is 6.90. The number of fused-ring (bicyclic) bond motifs is 1. The molecule has 1 aliphatic heterocycles. The van der Waals surface area contributed by atoms with E-state index >= 15 is 0 Å². The van der Waals surface area contributed by atoms with Crippen LogP contribution in [0.3, 0.4) is 0 Å². The molecule has 1 heterocycles. The predicted molar refractivity (Wildman–Crippen MR) is 110 cm³/mol. The first kappa shape index (κ1) is 18.6. The molecule has 1 fully saturated rings. The molecule has 4 rings (SSSR count). The van der Waals surface area contributed by atoms with Crippen LogP contribution in [-0.4, -0.2) is 30.3 Å². The lowest BCUT2D eigenvalue weighted by Gasteiger charge is -2.16. The Kier molecular flexibility index (Phi) is 6.08. The van der Waals surface area contributed by atoms with E-state index < -0.39 is 0 Å². The van der Waals surface area contributed by atoms with E-state index in [1.165, 1.54) is 12.0 Å². The van der Waals surface area contributed by atoms with Crippen LogP contribution in [0, 0.1) is 0 Å². The number of nitrogens with zero attached hydrogens (tertiary/aromatic N) is 1. The van der Waals surface area contributed by atoms with Crippen LogP contribution >= 0.6 is 12.4 Å². The van der Waals surface area contributed by atoms with Crippen molar-refractivity contribution < 1.29 is 4.79 Å². The molecule has 1 saturated heterocycles. The number of carbonyl (C=O) groups excluding carboxylic acids is 1. The maximum atomic E-state index is 12.7. The van der Waals surface area contributed by atoms with Crippen LogP contribution in [0.2, 0.25) is 0 Å². The van der Waals surface area contributed by atoms with Crippen molar-refractivity contribution in [3.8, 4) is 0 Å². The molecule has 0 N–H and O–H groups in total. The molecule has 3 aromatic rings.